The molecule has 3 aliphatic heterocycles. The number of aliphatic hydroxyl groups is 3. The van der Waals surface area contributed by atoms with Gasteiger partial charge in [-0.1, -0.05) is 30.3 Å². The van der Waals surface area contributed by atoms with E-state index in [2.05, 4.69) is 0 Å². The highest BCUT2D eigenvalue weighted by Crippen LogP contribution is 2.64. The molecule has 6 aromatic rings. The van der Waals surface area contributed by atoms with Gasteiger partial charge in [0.1, 0.15) is 58.6 Å². The molecule has 0 saturated heterocycles. The van der Waals surface area contributed by atoms with Crippen molar-refractivity contribution in [3.63, 3.8) is 0 Å². The van der Waals surface area contributed by atoms with Crippen molar-refractivity contribution in [2.45, 2.75) is 54.9 Å². The molecule has 0 aromatic heterocycles. The van der Waals surface area contributed by atoms with Crippen LogP contribution in [0.25, 0.3) is 0 Å². The fourth-order valence-electron chi connectivity index (χ4n) is 10.3. The van der Waals surface area contributed by atoms with Crippen LogP contribution in [0.3, 0.4) is 0 Å². The molecule has 16 heteroatoms. The Kier molecular flexibility index (Phi) is 13.8. The predicted molar refractivity (Wildman–Crippen MR) is 260 cm³/mol. The average Bonchev–Trinajstić information content (AvgIpc) is 3.41. The molecule has 9 rings (SSSR count). The zero-order valence-corrected chi connectivity index (χ0v) is 41.1. The van der Waals surface area contributed by atoms with Crippen LogP contribution in [0.1, 0.15) is 74.7 Å². The maximum atomic E-state index is 13.2. The van der Waals surface area contributed by atoms with Gasteiger partial charge in [0, 0.05) is 58.2 Å². The van der Waals surface area contributed by atoms with Gasteiger partial charge in [-0.05, 0) is 65.2 Å². The summed E-state index contributed by atoms with van der Waals surface area (Å²) in [6.45, 7) is 0. The van der Waals surface area contributed by atoms with Crippen molar-refractivity contribution >= 4 is 0 Å². The highest BCUT2D eigenvalue weighted by atomic mass is 16.5. The Hall–Kier alpha value is -7.40. The van der Waals surface area contributed by atoms with E-state index in [1.165, 1.54) is 21.3 Å². The maximum Gasteiger partial charge on any atom is 0.161 e. The number of rotatable bonds is 15. The first-order chi connectivity index (χ1) is 34.5. The molecule has 71 heavy (non-hydrogen) atoms. The summed E-state index contributed by atoms with van der Waals surface area (Å²) in [7, 11) is 15.4. The Labute approximate surface area is 411 Å². The first kappa shape index (κ1) is 48.6. The third-order valence-electron chi connectivity index (χ3n) is 13.7. The molecule has 0 saturated carbocycles. The number of hydrogen-bond acceptors (Lipinski definition) is 16. The first-order valence-electron chi connectivity index (χ1n) is 22.9. The van der Waals surface area contributed by atoms with Gasteiger partial charge in [0.05, 0.1) is 77.2 Å². The smallest absolute Gasteiger partial charge is 0.161 e. The van der Waals surface area contributed by atoms with Crippen LogP contribution in [0, 0.1) is 0 Å². The summed E-state index contributed by atoms with van der Waals surface area (Å²) in [5.74, 6) is 3.44. The van der Waals surface area contributed by atoms with Gasteiger partial charge in [0.25, 0.3) is 0 Å². The molecule has 374 valence electrons. The SMILES string of the molecule is COc1ccc([C@H]2c3c(c4c(c5c3O[C@@H](c3ccc(OC)c(OC)c3)[C@@H](O)[C@@H]5c3ccc(OC)cc3OC)O[C@H](c3ccc(OC)c(OC)c3)[C@@H](O)C4)O[C@H](c3ccc(OC)c(OC)c3)[C@H]2O)c(OC)c1. The van der Waals surface area contributed by atoms with Gasteiger partial charge < -0.3 is 76.9 Å². The van der Waals surface area contributed by atoms with E-state index in [1.807, 2.05) is 12.1 Å². The van der Waals surface area contributed by atoms with Crippen LogP contribution in [-0.4, -0.2) is 105 Å². The van der Waals surface area contributed by atoms with E-state index >= 15 is 0 Å². The second-order valence-electron chi connectivity index (χ2n) is 17.2. The zero-order chi connectivity index (χ0) is 50.2. The summed E-state index contributed by atoms with van der Waals surface area (Å²) in [5.41, 5.74) is 4.13. The van der Waals surface area contributed by atoms with Gasteiger partial charge in [0.15, 0.2) is 46.7 Å². The third kappa shape index (κ3) is 8.38. The van der Waals surface area contributed by atoms with E-state index in [9.17, 15) is 15.3 Å². The molecule has 0 spiro atoms. The van der Waals surface area contributed by atoms with Gasteiger partial charge >= 0.3 is 0 Å². The van der Waals surface area contributed by atoms with Gasteiger partial charge in [-0.25, -0.2) is 0 Å². The summed E-state index contributed by atoms with van der Waals surface area (Å²) in [6, 6.07) is 26.7. The van der Waals surface area contributed by atoms with Gasteiger partial charge in [-0.15, -0.1) is 0 Å². The third-order valence-corrected chi connectivity index (χ3v) is 13.7. The maximum absolute atomic E-state index is 13.2. The minimum Gasteiger partial charge on any atom is -0.497 e. The van der Waals surface area contributed by atoms with E-state index in [4.69, 9.17) is 61.6 Å². The van der Waals surface area contributed by atoms with Gasteiger partial charge in [-0.2, -0.15) is 0 Å². The lowest BCUT2D eigenvalue weighted by molar-refractivity contribution is -0.0171. The van der Waals surface area contributed by atoms with Crippen LogP contribution in [0.4, 0.5) is 0 Å². The van der Waals surface area contributed by atoms with Crippen LogP contribution in [0.15, 0.2) is 91.0 Å². The van der Waals surface area contributed by atoms with Crippen LogP contribution in [0.5, 0.6) is 74.7 Å². The fourth-order valence-corrected chi connectivity index (χ4v) is 10.3. The number of ether oxygens (including phenoxy) is 13. The molecule has 16 nitrogen and oxygen atoms in total. The van der Waals surface area contributed by atoms with Crippen molar-refractivity contribution in [3.05, 3.63) is 136 Å². The van der Waals surface area contributed by atoms with Crippen molar-refractivity contribution < 1.29 is 76.9 Å². The minimum atomic E-state index is -1.34. The lowest BCUT2D eigenvalue weighted by Crippen LogP contribution is -2.41. The standard InChI is InChI=1S/C55H58O16/c1-59-30-14-16-32(39(24-30)64-6)44-46-53-34(26-35(56)50(69-53)27-11-18-36(61-3)41(21-27)66-8)54-47(55(46)71-52(49(44)58)29-13-20-38(63-5)43(23-29)68-10)45(33-17-15-31(60-2)25-40(33)65-7)48(57)51(70-54)28-12-19-37(62-4)42(22-28)67-9/h11-25,35,44-45,48-52,56-58H,26H2,1-10H3/t35-,44+,45-,48-,49-,50+,51+,52-/m0/s1. The number of methoxy groups -OCH3 is 10. The molecule has 0 fully saturated rings. The minimum absolute atomic E-state index is 0.00710. The Morgan fingerprint density at radius 2 is 0.718 bits per heavy atom. The Morgan fingerprint density at radius 1 is 0.366 bits per heavy atom. The number of fused-ring (bicyclic) bond motifs is 6. The predicted octanol–water partition coefficient (Wildman–Crippen LogP) is 8.06. The second kappa shape index (κ2) is 20.1. The van der Waals surface area contributed by atoms with Crippen LogP contribution in [0.2, 0.25) is 0 Å². The van der Waals surface area contributed by atoms with Gasteiger partial charge in [0.2, 0.25) is 0 Å². The van der Waals surface area contributed by atoms with E-state index in [0.717, 1.165) is 0 Å². The highest BCUT2D eigenvalue weighted by molar-refractivity contribution is 5.72. The summed E-state index contributed by atoms with van der Waals surface area (Å²) < 4.78 is 79.2. The average molecular weight is 975 g/mol. The van der Waals surface area contributed by atoms with Crippen molar-refractivity contribution in [3.8, 4) is 74.7 Å². The first-order valence-corrected chi connectivity index (χ1v) is 22.9. The summed E-state index contributed by atoms with van der Waals surface area (Å²) in [5, 5.41) is 38.8. The molecule has 6 aromatic carbocycles. The van der Waals surface area contributed by atoms with Crippen LogP contribution < -0.4 is 61.6 Å². The molecule has 3 heterocycles. The number of aliphatic hydroxyl groups excluding tert-OH is 3. The Morgan fingerprint density at radius 3 is 1.08 bits per heavy atom. The fraction of sp³-hybridized carbons (Fsp3) is 0.345. The Balaban J connectivity index is 1.40. The summed E-state index contributed by atoms with van der Waals surface area (Å²) in [6.07, 6.45) is -6.99. The molecule has 3 N–H and O–H groups in total. The van der Waals surface area contributed by atoms with Crippen LogP contribution in [-0.2, 0) is 6.42 Å². The zero-order valence-electron chi connectivity index (χ0n) is 41.1. The highest BCUT2D eigenvalue weighted by Gasteiger charge is 2.52. The van der Waals surface area contributed by atoms with E-state index in [0.29, 0.717) is 114 Å². The lowest BCUT2D eigenvalue weighted by Gasteiger charge is -2.46. The van der Waals surface area contributed by atoms with Crippen molar-refractivity contribution in [1.82, 2.24) is 0 Å². The summed E-state index contributed by atoms with van der Waals surface area (Å²) in [4.78, 5) is 0. The van der Waals surface area contributed by atoms with E-state index in [1.54, 1.807) is 129 Å². The summed E-state index contributed by atoms with van der Waals surface area (Å²) >= 11 is 0. The molecule has 0 aliphatic carbocycles. The molecule has 3 aliphatic rings. The van der Waals surface area contributed by atoms with Crippen molar-refractivity contribution in [2.24, 2.45) is 0 Å². The largest absolute Gasteiger partial charge is 0.497 e. The molecule has 0 bridgehead atoms. The monoisotopic (exact) mass is 974 g/mol. The van der Waals surface area contributed by atoms with Crippen molar-refractivity contribution in [1.29, 1.82) is 0 Å². The molecule has 0 amide bonds. The molecule has 0 unspecified atom stereocenters. The van der Waals surface area contributed by atoms with Gasteiger partial charge in [-0.3, -0.25) is 0 Å². The second-order valence-corrected chi connectivity index (χ2v) is 17.2. The normalized spacial score (nSPS) is 21.9. The quantitative estimate of drug-likeness (QED) is 0.0898. The van der Waals surface area contributed by atoms with E-state index in [-0.39, 0.29) is 12.2 Å². The lowest BCUT2D eigenvalue weighted by atomic mass is 9.72. The number of hydrogen-bond donors (Lipinski definition) is 3. The van der Waals surface area contributed by atoms with Crippen LogP contribution >= 0.6 is 0 Å². The van der Waals surface area contributed by atoms with E-state index < -0.39 is 48.5 Å². The molecular formula is C55H58O16. The van der Waals surface area contributed by atoms with Crippen molar-refractivity contribution in [2.75, 3.05) is 71.1 Å². The Bertz CT molecular complexity index is 2830. The number of benzene rings is 6. The molecule has 0 radical (unpaired) electrons. The molecule has 8 atom stereocenters. The molecular weight excluding hydrogens is 917 g/mol. The topological polar surface area (TPSA) is 181 Å².